The lowest BCUT2D eigenvalue weighted by Gasteiger charge is -2.35. The number of hydrogen-bond donors (Lipinski definition) is 1. The van der Waals surface area contributed by atoms with Crippen molar-refractivity contribution in [1.29, 1.82) is 0 Å². The number of rotatable bonds is 5. The van der Waals surface area contributed by atoms with E-state index in [0.29, 0.717) is 36.6 Å². The van der Waals surface area contributed by atoms with Gasteiger partial charge in [0.1, 0.15) is 0 Å². The number of benzene rings is 1. The first kappa shape index (κ1) is 15.3. The summed E-state index contributed by atoms with van der Waals surface area (Å²) < 4.78 is 16.3. The third kappa shape index (κ3) is 3.40. The molecular formula is C15H18ClN3O3. The van der Waals surface area contributed by atoms with Crippen LogP contribution in [0.15, 0.2) is 28.8 Å². The van der Waals surface area contributed by atoms with E-state index in [9.17, 15) is 0 Å². The highest BCUT2D eigenvalue weighted by Gasteiger charge is 2.32. The Hall–Kier alpha value is -1.63. The van der Waals surface area contributed by atoms with Crippen molar-refractivity contribution in [3.63, 3.8) is 0 Å². The molecule has 1 aliphatic heterocycles. The number of anilines is 1. The quantitative estimate of drug-likeness (QED) is 0.912. The highest BCUT2D eigenvalue weighted by molar-refractivity contribution is 6.30. The largest absolute Gasteiger partial charge is 0.381 e. The first-order chi connectivity index (χ1) is 10.7. The van der Waals surface area contributed by atoms with Crippen LogP contribution >= 0.6 is 11.6 Å². The summed E-state index contributed by atoms with van der Waals surface area (Å²) in [6.45, 7) is 2.00. The van der Waals surface area contributed by atoms with Gasteiger partial charge in [0.05, 0.1) is 5.60 Å². The smallest absolute Gasteiger partial charge is 0.321 e. The third-order valence-electron chi connectivity index (χ3n) is 3.91. The van der Waals surface area contributed by atoms with Crippen LogP contribution in [0.2, 0.25) is 5.02 Å². The standard InChI is InChI=1S/C15H18ClN3O3/c1-20-15(5-7-21-8-6-15)10-17-14-18-13(19-22-14)11-3-2-4-12(16)9-11/h2-4,9H,5-8,10H2,1H3,(H,17,18,19). The van der Waals surface area contributed by atoms with Crippen molar-refractivity contribution in [3.8, 4) is 11.4 Å². The Morgan fingerprint density at radius 3 is 2.91 bits per heavy atom. The summed E-state index contributed by atoms with van der Waals surface area (Å²) in [6, 6.07) is 7.71. The van der Waals surface area contributed by atoms with Gasteiger partial charge >= 0.3 is 6.01 Å². The number of methoxy groups -OCH3 is 1. The van der Waals surface area contributed by atoms with Crippen molar-refractivity contribution >= 4 is 17.6 Å². The van der Waals surface area contributed by atoms with Crippen molar-refractivity contribution in [2.24, 2.45) is 0 Å². The molecule has 0 atom stereocenters. The molecule has 1 aliphatic rings. The van der Waals surface area contributed by atoms with Gasteiger partial charge < -0.3 is 19.3 Å². The summed E-state index contributed by atoms with van der Waals surface area (Å²) in [5.74, 6) is 0.503. The zero-order valence-electron chi connectivity index (χ0n) is 12.3. The minimum atomic E-state index is -0.247. The van der Waals surface area contributed by atoms with Gasteiger partial charge in [0, 0.05) is 50.3 Å². The second kappa shape index (κ2) is 6.64. The highest BCUT2D eigenvalue weighted by Crippen LogP contribution is 2.26. The molecule has 0 amide bonds. The molecule has 0 spiro atoms. The number of halogens is 1. The molecule has 0 aliphatic carbocycles. The normalized spacial score (nSPS) is 17.4. The number of hydrogen-bond acceptors (Lipinski definition) is 6. The Kier molecular flexibility index (Phi) is 4.61. The maximum Gasteiger partial charge on any atom is 0.321 e. The van der Waals surface area contributed by atoms with Crippen molar-refractivity contribution in [3.05, 3.63) is 29.3 Å². The molecular weight excluding hydrogens is 306 g/mol. The Morgan fingerprint density at radius 1 is 1.36 bits per heavy atom. The zero-order chi connectivity index (χ0) is 15.4. The van der Waals surface area contributed by atoms with Crippen molar-refractivity contribution in [1.82, 2.24) is 10.1 Å². The topological polar surface area (TPSA) is 69.4 Å². The molecule has 0 bridgehead atoms. The van der Waals surface area contributed by atoms with Gasteiger partial charge in [-0.05, 0) is 12.1 Å². The van der Waals surface area contributed by atoms with Crippen molar-refractivity contribution in [2.75, 3.05) is 32.2 Å². The number of nitrogens with zero attached hydrogens (tertiary/aromatic N) is 2. The van der Waals surface area contributed by atoms with E-state index in [-0.39, 0.29) is 5.60 Å². The molecule has 1 fully saturated rings. The fourth-order valence-corrected chi connectivity index (χ4v) is 2.66. The van der Waals surface area contributed by atoms with E-state index < -0.39 is 0 Å². The third-order valence-corrected chi connectivity index (χ3v) is 4.14. The minimum absolute atomic E-state index is 0.247. The Balaban J connectivity index is 1.67. The van der Waals surface area contributed by atoms with Crippen molar-refractivity contribution < 1.29 is 14.0 Å². The maximum atomic E-state index is 5.97. The van der Waals surface area contributed by atoms with E-state index in [1.54, 1.807) is 19.2 Å². The maximum absolute atomic E-state index is 5.97. The van der Waals surface area contributed by atoms with Gasteiger partial charge in [0.25, 0.3) is 0 Å². The summed E-state index contributed by atoms with van der Waals surface area (Å²) in [5.41, 5.74) is 0.569. The summed E-state index contributed by atoms with van der Waals surface area (Å²) in [7, 11) is 1.72. The van der Waals surface area contributed by atoms with Crippen LogP contribution < -0.4 is 5.32 Å². The van der Waals surface area contributed by atoms with Gasteiger partial charge in [-0.2, -0.15) is 4.98 Å². The lowest BCUT2D eigenvalue weighted by molar-refractivity contribution is -0.0809. The van der Waals surface area contributed by atoms with E-state index in [1.807, 2.05) is 12.1 Å². The number of aromatic nitrogens is 2. The van der Waals surface area contributed by atoms with Crippen LogP contribution in [0.25, 0.3) is 11.4 Å². The van der Waals surface area contributed by atoms with Crippen LogP contribution in [0.3, 0.4) is 0 Å². The zero-order valence-corrected chi connectivity index (χ0v) is 13.1. The predicted molar refractivity (Wildman–Crippen MR) is 83.0 cm³/mol. The van der Waals surface area contributed by atoms with Crippen LogP contribution in [-0.2, 0) is 9.47 Å². The second-order valence-corrected chi connectivity index (χ2v) is 5.72. The van der Waals surface area contributed by atoms with Gasteiger partial charge in [0.2, 0.25) is 5.82 Å². The molecule has 6 nitrogen and oxygen atoms in total. The second-order valence-electron chi connectivity index (χ2n) is 5.29. The first-order valence-electron chi connectivity index (χ1n) is 7.17. The van der Waals surface area contributed by atoms with Crippen molar-refractivity contribution in [2.45, 2.75) is 18.4 Å². The van der Waals surface area contributed by atoms with Crippen LogP contribution in [0.1, 0.15) is 12.8 Å². The van der Waals surface area contributed by atoms with E-state index in [1.165, 1.54) is 0 Å². The van der Waals surface area contributed by atoms with Gasteiger partial charge in [-0.15, -0.1) is 0 Å². The molecule has 2 heterocycles. The van der Waals surface area contributed by atoms with Gasteiger partial charge in [-0.1, -0.05) is 28.9 Å². The predicted octanol–water partition coefficient (Wildman–Crippen LogP) is 3.00. The summed E-state index contributed by atoms with van der Waals surface area (Å²) in [4.78, 5) is 4.34. The molecule has 1 aromatic heterocycles. The number of nitrogens with one attached hydrogen (secondary N) is 1. The summed E-state index contributed by atoms with van der Waals surface area (Å²) in [6.07, 6.45) is 1.68. The SMILES string of the molecule is COC1(CNc2nc(-c3cccc(Cl)c3)no2)CCOCC1. The average molecular weight is 324 g/mol. The van der Waals surface area contributed by atoms with E-state index in [2.05, 4.69) is 15.5 Å². The minimum Gasteiger partial charge on any atom is -0.381 e. The van der Waals surface area contributed by atoms with Gasteiger partial charge in [-0.3, -0.25) is 0 Å². The molecule has 0 saturated carbocycles. The fraction of sp³-hybridized carbons (Fsp3) is 0.467. The van der Waals surface area contributed by atoms with E-state index in [0.717, 1.165) is 18.4 Å². The molecule has 1 N–H and O–H groups in total. The van der Waals surface area contributed by atoms with E-state index in [4.69, 9.17) is 25.6 Å². The molecule has 22 heavy (non-hydrogen) atoms. The Morgan fingerprint density at radius 2 is 2.18 bits per heavy atom. The molecule has 0 radical (unpaired) electrons. The van der Waals surface area contributed by atoms with Gasteiger partial charge in [0.15, 0.2) is 0 Å². The van der Waals surface area contributed by atoms with Gasteiger partial charge in [-0.25, -0.2) is 0 Å². The summed E-state index contributed by atoms with van der Waals surface area (Å²) >= 11 is 5.97. The summed E-state index contributed by atoms with van der Waals surface area (Å²) in [5, 5.41) is 7.76. The van der Waals surface area contributed by atoms with Crippen LogP contribution in [0.5, 0.6) is 0 Å². The molecule has 1 aromatic carbocycles. The molecule has 0 unspecified atom stereocenters. The monoisotopic (exact) mass is 323 g/mol. The molecule has 3 rings (SSSR count). The van der Waals surface area contributed by atoms with Crippen LogP contribution in [-0.4, -0.2) is 42.6 Å². The molecule has 7 heteroatoms. The highest BCUT2D eigenvalue weighted by atomic mass is 35.5. The Bertz CT molecular complexity index is 626. The Labute approximate surface area is 133 Å². The number of ether oxygens (including phenoxy) is 2. The molecule has 118 valence electrons. The lowest BCUT2D eigenvalue weighted by atomic mass is 9.94. The lowest BCUT2D eigenvalue weighted by Crippen LogP contribution is -2.44. The first-order valence-corrected chi connectivity index (χ1v) is 7.55. The van der Waals surface area contributed by atoms with E-state index >= 15 is 0 Å². The van der Waals surface area contributed by atoms with Crippen LogP contribution in [0.4, 0.5) is 6.01 Å². The molecule has 2 aromatic rings. The fourth-order valence-electron chi connectivity index (χ4n) is 2.47. The molecule has 1 saturated heterocycles. The van der Waals surface area contributed by atoms with Crippen LogP contribution in [0, 0.1) is 0 Å². The average Bonchev–Trinajstić information content (AvgIpc) is 3.03.